The van der Waals surface area contributed by atoms with Crippen molar-refractivity contribution in [3.05, 3.63) is 54.6 Å². The van der Waals surface area contributed by atoms with Gasteiger partial charge in [-0.3, -0.25) is 0 Å². The first-order valence-corrected chi connectivity index (χ1v) is 10.5. The number of rotatable bonds is 5. The third-order valence-corrected chi connectivity index (χ3v) is 5.82. The number of anilines is 2. The largest absolute Gasteiger partial charge is 0.378 e. The minimum absolute atomic E-state index is 0.178. The number of amides is 2. The summed E-state index contributed by atoms with van der Waals surface area (Å²) < 4.78 is 13.8. The number of ether oxygens (including phenoxy) is 2. The first-order valence-electron chi connectivity index (χ1n) is 10.5. The molecule has 2 aromatic carbocycles. The lowest BCUT2D eigenvalue weighted by atomic mass is 10.1. The highest BCUT2D eigenvalue weighted by molar-refractivity contribution is 5.89. The van der Waals surface area contributed by atoms with Crippen LogP contribution in [0.2, 0.25) is 0 Å². The number of carbonyl (C=O) groups excluding carboxylic acids is 1. The number of nitrogens with zero attached hydrogens (tertiary/aromatic N) is 5. The number of para-hydroxylation sites is 1. The summed E-state index contributed by atoms with van der Waals surface area (Å²) in [6, 6.07) is 16.6. The van der Waals surface area contributed by atoms with Gasteiger partial charge in [0.1, 0.15) is 18.2 Å². The second kappa shape index (κ2) is 8.56. The van der Waals surface area contributed by atoms with Crippen LogP contribution in [0.15, 0.2) is 54.6 Å². The van der Waals surface area contributed by atoms with Gasteiger partial charge in [0.25, 0.3) is 0 Å². The van der Waals surface area contributed by atoms with E-state index in [2.05, 4.69) is 26.2 Å². The summed E-state index contributed by atoms with van der Waals surface area (Å²) in [5.41, 5.74) is 2.74. The minimum atomic E-state index is -0.290. The van der Waals surface area contributed by atoms with Gasteiger partial charge in [-0.25, -0.2) is 9.48 Å². The van der Waals surface area contributed by atoms with E-state index in [0.717, 1.165) is 16.9 Å². The van der Waals surface area contributed by atoms with Gasteiger partial charge in [-0.05, 0) is 46.8 Å². The van der Waals surface area contributed by atoms with E-state index in [1.165, 1.54) is 0 Å². The van der Waals surface area contributed by atoms with Crippen molar-refractivity contribution in [1.82, 2.24) is 25.5 Å². The first-order chi connectivity index (χ1) is 15.6. The summed E-state index contributed by atoms with van der Waals surface area (Å²) in [6.45, 7) is 0.769. The number of hydrogen-bond donors (Lipinski definition) is 2. The summed E-state index contributed by atoms with van der Waals surface area (Å²) in [4.78, 5) is 14.4. The Morgan fingerprint density at radius 2 is 1.78 bits per heavy atom. The van der Waals surface area contributed by atoms with Gasteiger partial charge in [-0.1, -0.05) is 18.2 Å². The van der Waals surface area contributed by atoms with Crippen LogP contribution in [0.1, 0.15) is 6.04 Å². The Morgan fingerprint density at radius 1 is 1.03 bits per heavy atom. The number of aromatic nitrogens is 4. The average molecular weight is 435 g/mol. The lowest BCUT2D eigenvalue weighted by molar-refractivity contribution is 0.0624. The molecule has 3 aromatic rings. The molecule has 0 aliphatic carbocycles. The Hall–Kier alpha value is -3.50. The standard InChI is InChI=1S/C22H25N7O3/c1-28(2)16-10-8-14(9-11-16)21-25-26-27-29(21)18-13-32-19-17(12-31-20(18)19)24-22(30)23-15-6-4-3-5-7-15/h3-11,17-20H,12-13H2,1-2H3,(H2,23,24,30)/t17-,18-,19+,20+/m0/s1. The SMILES string of the molecule is CN(C)c1ccc(-c2nnnn2[C@H]2CO[C@H]3[C@@H]2OC[C@@H]3NC(=O)Nc2ccccc2)cc1. The van der Waals surface area contributed by atoms with Crippen molar-refractivity contribution in [1.29, 1.82) is 0 Å². The fraction of sp³-hybridized carbons (Fsp3) is 0.364. The highest BCUT2D eigenvalue weighted by atomic mass is 16.6. The van der Waals surface area contributed by atoms with Gasteiger partial charge in [0.15, 0.2) is 5.82 Å². The predicted octanol–water partition coefficient (Wildman–Crippen LogP) is 1.94. The van der Waals surface area contributed by atoms with Crippen LogP contribution in [0.3, 0.4) is 0 Å². The van der Waals surface area contributed by atoms with Gasteiger partial charge in [0, 0.05) is 31.0 Å². The maximum atomic E-state index is 12.4. The van der Waals surface area contributed by atoms with Crippen LogP contribution in [0, 0.1) is 0 Å². The first kappa shape index (κ1) is 20.4. The van der Waals surface area contributed by atoms with Gasteiger partial charge in [-0.15, -0.1) is 5.10 Å². The molecule has 166 valence electrons. The lowest BCUT2D eigenvalue weighted by Crippen LogP contribution is -2.45. The molecule has 2 amide bonds. The Balaban J connectivity index is 1.27. The molecule has 0 radical (unpaired) electrons. The molecule has 10 nitrogen and oxygen atoms in total. The van der Waals surface area contributed by atoms with Crippen molar-refractivity contribution in [3.63, 3.8) is 0 Å². The van der Waals surface area contributed by atoms with Crippen LogP contribution in [0.5, 0.6) is 0 Å². The van der Waals surface area contributed by atoms with E-state index in [0.29, 0.717) is 19.0 Å². The summed E-state index contributed by atoms with van der Waals surface area (Å²) in [5.74, 6) is 0.659. The van der Waals surface area contributed by atoms with E-state index >= 15 is 0 Å². The summed E-state index contributed by atoms with van der Waals surface area (Å²) in [6.07, 6.45) is -0.519. The van der Waals surface area contributed by atoms with Crippen molar-refractivity contribution >= 4 is 17.4 Å². The molecule has 3 heterocycles. The second-order valence-corrected chi connectivity index (χ2v) is 8.12. The molecule has 0 unspecified atom stereocenters. The van der Waals surface area contributed by atoms with Crippen LogP contribution < -0.4 is 15.5 Å². The Kier molecular flexibility index (Phi) is 5.46. The molecule has 0 saturated carbocycles. The molecular weight excluding hydrogens is 410 g/mol. The minimum Gasteiger partial charge on any atom is -0.378 e. The molecule has 32 heavy (non-hydrogen) atoms. The zero-order valence-electron chi connectivity index (χ0n) is 17.9. The molecule has 5 rings (SSSR count). The van der Waals surface area contributed by atoms with Crippen LogP contribution in [0.4, 0.5) is 16.2 Å². The van der Waals surface area contributed by atoms with Gasteiger partial charge < -0.3 is 25.0 Å². The van der Waals surface area contributed by atoms with E-state index in [1.807, 2.05) is 73.6 Å². The van der Waals surface area contributed by atoms with E-state index < -0.39 is 0 Å². The molecule has 0 bridgehead atoms. The molecule has 2 aliphatic heterocycles. The van der Waals surface area contributed by atoms with E-state index in [9.17, 15) is 4.79 Å². The highest BCUT2D eigenvalue weighted by Gasteiger charge is 2.50. The molecule has 4 atom stereocenters. The van der Waals surface area contributed by atoms with Crippen molar-refractivity contribution < 1.29 is 14.3 Å². The average Bonchev–Trinajstić information content (AvgIpc) is 3.52. The molecule has 2 N–H and O–H groups in total. The monoisotopic (exact) mass is 435 g/mol. The van der Waals surface area contributed by atoms with E-state index in [1.54, 1.807) is 4.68 Å². The molecule has 2 fully saturated rings. The third-order valence-electron chi connectivity index (χ3n) is 5.82. The Morgan fingerprint density at radius 3 is 2.53 bits per heavy atom. The number of hydrogen-bond acceptors (Lipinski definition) is 7. The van der Waals surface area contributed by atoms with Crippen LogP contribution >= 0.6 is 0 Å². The highest BCUT2D eigenvalue weighted by Crippen LogP contribution is 2.35. The lowest BCUT2D eigenvalue weighted by Gasteiger charge is -2.18. The number of carbonyl (C=O) groups is 1. The molecular formula is C22H25N7O3. The fourth-order valence-corrected chi connectivity index (χ4v) is 4.19. The maximum absolute atomic E-state index is 12.4. The number of nitrogens with one attached hydrogen (secondary N) is 2. The maximum Gasteiger partial charge on any atom is 0.319 e. The number of benzene rings is 2. The number of urea groups is 1. The zero-order chi connectivity index (χ0) is 22.1. The Bertz CT molecular complexity index is 1070. The second-order valence-electron chi connectivity index (χ2n) is 8.12. The Labute approximate surface area is 185 Å². The fourth-order valence-electron chi connectivity index (χ4n) is 4.19. The molecule has 2 saturated heterocycles. The summed E-state index contributed by atoms with van der Waals surface area (Å²) in [7, 11) is 3.99. The zero-order valence-corrected chi connectivity index (χ0v) is 17.9. The predicted molar refractivity (Wildman–Crippen MR) is 118 cm³/mol. The molecule has 0 spiro atoms. The smallest absolute Gasteiger partial charge is 0.319 e. The van der Waals surface area contributed by atoms with Gasteiger partial charge in [0.2, 0.25) is 0 Å². The summed E-state index contributed by atoms with van der Waals surface area (Å²) >= 11 is 0. The van der Waals surface area contributed by atoms with Crippen LogP contribution in [-0.2, 0) is 9.47 Å². The normalized spacial score (nSPS) is 24.2. The van der Waals surface area contributed by atoms with Crippen molar-refractivity contribution in [2.45, 2.75) is 24.3 Å². The van der Waals surface area contributed by atoms with E-state index in [-0.39, 0.29) is 30.3 Å². The molecule has 10 heteroatoms. The van der Waals surface area contributed by atoms with Crippen LogP contribution in [-0.4, -0.2) is 71.8 Å². The van der Waals surface area contributed by atoms with Crippen molar-refractivity contribution in [3.8, 4) is 11.4 Å². The molecule has 1 aromatic heterocycles. The van der Waals surface area contributed by atoms with E-state index in [4.69, 9.17) is 9.47 Å². The van der Waals surface area contributed by atoms with Crippen molar-refractivity contribution in [2.24, 2.45) is 0 Å². The van der Waals surface area contributed by atoms with Crippen LogP contribution in [0.25, 0.3) is 11.4 Å². The van der Waals surface area contributed by atoms with Crippen molar-refractivity contribution in [2.75, 3.05) is 37.5 Å². The number of tetrazole rings is 1. The molecule has 2 aliphatic rings. The van der Waals surface area contributed by atoms with Gasteiger partial charge >= 0.3 is 6.03 Å². The topological polar surface area (TPSA) is 106 Å². The quantitative estimate of drug-likeness (QED) is 0.631. The summed E-state index contributed by atoms with van der Waals surface area (Å²) in [5, 5.41) is 18.1. The third kappa shape index (κ3) is 3.90. The van der Waals surface area contributed by atoms with Gasteiger partial charge in [0.05, 0.1) is 19.3 Å². The van der Waals surface area contributed by atoms with Gasteiger partial charge in [-0.2, -0.15) is 0 Å². The number of fused-ring (bicyclic) bond motifs is 1.